The zero-order chi connectivity index (χ0) is 19.3. The van der Waals surface area contributed by atoms with Gasteiger partial charge in [-0.05, 0) is 65.0 Å². The number of hydrogen-bond donors (Lipinski definition) is 0. The number of carbonyl (C=O) groups excluding carboxylic acids is 1. The second kappa shape index (κ2) is 9.37. The van der Waals surface area contributed by atoms with Crippen molar-refractivity contribution in [2.75, 3.05) is 13.1 Å². The van der Waals surface area contributed by atoms with E-state index in [1.165, 1.54) is 0 Å². The first-order valence-electron chi connectivity index (χ1n) is 9.64. The summed E-state index contributed by atoms with van der Waals surface area (Å²) >= 11 is 0. The number of rotatable bonds is 6. The minimum atomic E-state index is -1.15. The minimum absolute atomic E-state index is 0.107. The van der Waals surface area contributed by atoms with E-state index in [1.54, 1.807) is 4.90 Å². The fourth-order valence-corrected chi connectivity index (χ4v) is 3.55. The van der Waals surface area contributed by atoms with Gasteiger partial charge in [-0.25, -0.2) is 4.79 Å². The summed E-state index contributed by atoms with van der Waals surface area (Å²) in [4.78, 5) is 13.9. The van der Waals surface area contributed by atoms with Crippen LogP contribution in [-0.2, 0) is 13.9 Å². The number of carbonyl (C=O) groups is 1. The van der Waals surface area contributed by atoms with Gasteiger partial charge in [0.25, 0.3) is 0 Å². The van der Waals surface area contributed by atoms with Crippen LogP contribution < -0.4 is 0 Å². The first kappa shape index (κ1) is 22.4. The van der Waals surface area contributed by atoms with Crippen LogP contribution >= 0.6 is 0 Å². The highest BCUT2D eigenvalue weighted by molar-refractivity contribution is 6.48. The molecule has 1 amide bonds. The molecule has 0 N–H and O–H groups in total. The van der Waals surface area contributed by atoms with Gasteiger partial charge in [0.05, 0.1) is 6.10 Å². The van der Waals surface area contributed by atoms with Crippen LogP contribution in [0.4, 0.5) is 4.79 Å². The SMILES string of the molecule is C[SiH](C)OC(CCC(C)(C)C)OC1CCN(C(=O)OC(C)(C)C)CC1. The van der Waals surface area contributed by atoms with Gasteiger partial charge in [-0.1, -0.05) is 20.8 Å². The Hall–Kier alpha value is -0.593. The second-order valence-corrected chi connectivity index (χ2v) is 11.9. The van der Waals surface area contributed by atoms with Crippen LogP contribution in [0, 0.1) is 5.41 Å². The maximum atomic E-state index is 12.1. The summed E-state index contributed by atoms with van der Waals surface area (Å²) in [6.45, 7) is 18.2. The molecule has 1 heterocycles. The summed E-state index contributed by atoms with van der Waals surface area (Å²) in [5.74, 6) is 0. The molecule has 0 spiro atoms. The Bertz CT molecular complexity index is 407. The Labute approximate surface area is 156 Å². The Kier molecular flexibility index (Phi) is 8.42. The highest BCUT2D eigenvalue weighted by atomic mass is 28.3. The molecule has 0 saturated carbocycles. The van der Waals surface area contributed by atoms with Crippen molar-refractivity contribution in [3.05, 3.63) is 0 Å². The molecule has 1 atom stereocenters. The molecule has 1 saturated heterocycles. The highest BCUT2D eigenvalue weighted by Gasteiger charge is 2.29. The third-order valence-corrected chi connectivity index (χ3v) is 4.84. The molecule has 0 bridgehead atoms. The lowest BCUT2D eigenvalue weighted by atomic mass is 9.90. The molecule has 0 aromatic rings. The van der Waals surface area contributed by atoms with Gasteiger partial charge in [-0.15, -0.1) is 0 Å². The fourth-order valence-electron chi connectivity index (χ4n) is 2.74. The lowest BCUT2D eigenvalue weighted by Crippen LogP contribution is -2.44. The van der Waals surface area contributed by atoms with Crippen molar-refractivity contribution >= 4 is 15.1 Å². The Morgan fingerprint density at radius 2 is 1.68 bits per heavy atom. The molecule has 1 rings (SSSR count). The third kappa shape index (κ3) is 10.2. The van der Waals surface area contributed by atoms with Crippen LogP contribution in [-0.4, -0.2) is 51.1 Å². The summed E-state index contributed by atoms with van der Waals surface area (Å²) in [5, 5.41) is 0. The van der Waals surface area contributed by atoms with Crippen LogP contribution in [0.1, 0.15) is 67.2 Å². The predicted octanol–water partition coefficient (Wildman–Crippen LogP) is 4.55. The first-order chi connectivity index (χ1) is 11.4. The van der Waals surface area contributed by atoms with Crippen LogP contribution in [0.3, 0.4) is 0 Å². The largest absolute Gasteiger partial charge is 0.444 e. The molecule has 0 aromatic carbocycles. The van der Waals surface area contributed by atoms with Gasteiger partial charge in [-0.3, -0.25) is 0 Å². The van der Waals surface area contributed by atoms with E-state index >= 15 is 0 Å². The van der Waals surface area contributed by atoms with Gasteiger partial charge < -0.3 is 18.8 Å². The van der Waals surface area contributed by atoms with E-state index in [9.17, 15) is 4.79 Å². The van der Waals surface area contributed by atoms with E-state index in [-0.39, 0.29) is 23.9 Å². The van der Waals surface area contributed by atoms with E-state index in [1.807, 2.05) is 20.8 Å². The number of ether oxygens (including phenoxy) is 2. The monoisotopic (exact) mass is 373 g/mol. The number of hydrogen-bond acceptors (Lipinski definition) is 4. The van der Waals surface area contributed by atoms with Crippen LogP contribution in [0.15, 0.2) is 0 Å². The summed E-state index contributed by atoms with van der Waals surface area (Å²) < 4.78 is 17.8. The molecule has 25 heavy (non-hydrogen) atoms. The molecular formula is C19H39NO4Si. The molecule has 1 unspecified atom stereocenters. The van der Waals surface area contributed by atoms with Crippen molar-refractivity contribution in [3.8, 4) is 0 Å². The Balaban J connectivity index is 2.46. The van der Waals surface area contributed by atoms with Gasteiger partial charge in [-0.2, -0.15) is 0 Å². The summed E-state index contributed by atoms with van der Waals surface area (Å²) in [6.07, 6.45) is 3.53. The van der Waals surface area contributed by atoms with Gasteiger partial charge in [0.2, 0.25) is 0 Å². The maximum Gasteiger partial charge on any atom is 0.410 e. The molecule has 6 heteroatoms. The number of amides is 1. The van der Waals surface area contributed by atoms with Gasteiger partial charge in [0.15, 0.2) is 9.04 Å². The molecular weight excluding hydrogens is 334 g/mol. The van der Waals surface area contributed by atoms with Crippen molar-refractivity contribution in [2.45, 2.75) is 98.3 Å². The number of nitrogens with zero attached hydrogens (tertiary/aromatic N) is 1. The molecule has 1 aliphatic rings. The lowest BCUT2D eigenvalue weighted by molar-refractivity contribution is -0.140. The molecule has 0 aliphatic carbocycles. The summed E-state index contributed by atoms with van der Waals surface area (Å²) in [5.41, 5.74) is -0.165. The van der Waals surface area contributed by atoms with Crippen LogP contribution in [0.2, 0.25) is 13.1 Å². The lowest BCUT2D eigenvalue weighted by Gasteiger charge is -2.35. The molecule has 1 aliphatic heterocycles. The van der Waals surface area contributed by atoms with Crippen LogP contribution in [0.25, 0.3) is 0 Å². The van der Waals surface area contributed by atoms with Crippen molar-refractivity contribution in [2.24, 2.45) is 5.41 Å². The molecule has 148 valence electrons. The van der Waals surface area contributed by atoms with Gasteiger partial charge in [0, 0.05) is 13.1 Å². The average Bonchev–Trinajstić information content (AvgIpc) is 2.42. The smallest absolute Gasteiger partial charge is 0.410 e. The molecule has 1 fully saturated rings. The van der Waals surface area contributed by atoms with Gasteiger partial charge in [0.1, 0.15) is 11.9 Å². The average molecular weight is 374 g/mol. The van der Waals surface area contributed by atoms with Gasteiger partial charge >= 0.3 is 6.09 Å². The number of likely N-dealkylation sites (tertiary alicyclic amines) is 1. The Morgan fingerprint density at radius 1 is 1.12 bits per heavy atom. The maximum absolute atomic E-state index is 12.1. The molecule has 0 aromatic heterocycles. The standard InChI is InChI=1S/C19H39NO4Si/c1-18(2,3)12-9-16(24-25(7)8)22-15-10-13-20(14-11-15)17(21)23-19(4,5)6/h15-16,25H,9-14H2,1-8H3. The van der Waals surface area contributed by atoms with Crippen molar-refractivity contribution in [3.63, 3.8) is 0 Å². The quantitative estimate of drug-likeness (QED) is 0.506. The zero-order valence-electron chi connectivity index (χ0n) is 17.6. The normalized spacial score (nSPS) is 18.5. The summed E-state index contributed by atoms with van der Waals surface area (Å²) in [7, 11) is -1.15. The Morgan fingerprint density at radius 3 is 2.12 bits per heavy atom. The van der Waals surface area contributed by atoms with Crippen molar-refractivity contribution in [1.29, 1.82) is 0 Å². The van der Waals surface area contributed by atoms with Crippen LogP contribution in [0.5, 0.6) is 0 Å². The zero-order valence-corrected chi connectivity index (χ0v) is 18.7. The van der Waals surface area contributed by atoms with E-state index in [0.29, 0.717) is 13.1 Å². The number of piperidine rings is 1. The molecule has 5 nitrogen and oxygen atoms in total. The van der Waals surface area contributed by atoms with E-state index < -0.39 is 14.6 Å². The topological polar surface area (TPSA) is 48.0 Å². The highest BCUT2D eigenvalue weighted by Crippen LogP contribution is 2.25. The van der Waals surface area contributed by atoms with E-state index in [0.717, 1.165) is 25.7 Å². The van der Waals surface area contributed by atoms with Crippen molar-refractivity contribution in [1.82, 2.24) is 4.90 Å². The predicted molar refractivity (Wildman–Crippen MR) is 104 cm³/mol. The fraction of sp³-hybridized carbons (Fsp3) is 0.947. The second-order valence-electron chi connectivity index (χ2n) is 9.52. The molecule has 0 radical (unpaired) electrons. The van der Waals surface area contributed by atoms with E-state index in [2.05, 4.69) is 33.9 Å². The van der Waals surface area contributed by atoms with E-state index in [4.69, 9.17) is 13.9 Å². The minimum Gasteiger partial charge on any atom is -0.444 e. The third-order valence-electron chi connectivity index (χ3n) is 3.99. The van der Waals surface area contributed by atoms with Crippen molar-refractivity contribution < 1.29 is 18.7 Å². The summed E-state index contributed by atoms with van der Waals surface area (Å²) in [6, 6.07) is 0. The first-order valence-corrected chi connectivity index (χ1v) is 12.4.